The summed E-state index contributed by atoms with van der Waals surface area (Å²) in [6, 6.07) is 13.2. The lowest BCUT2D eigenvalue weighted by Gasteiger charge is -2.12. The Morgan fingerprint density at radius 3 is 2.70 bits per heavy atom. The fourth-order valence-electron chi connectivity index (χ4n) is 2.08. The number of nitrogens with zero attached hydrogens (tertiary/aromatic N) is 2. The fraction of sp³-hybridized carbons (Fsp3) is 0.211. The van der Waals surface area contributed by atoms with Gasteiger partial charge in [0.15, 0.2) is 16.7 Å². The normalized spacial score (nSPS) is 11.6. The Kier molecular flexibility index (Phi) is 8.16. The van der Waals surface area contributed by atoms with Crippen LogP contribution in [0.4, 0.5) is 0 Å². The molecule has 142 valence electrons. The van der Waals surface area contributed by atoms with Crippen LogP contribution in [0.2, 0.25) is 5.02 Å². The molecule has 0 spiro atoms. The monoisotopic (exact) mass is 405 g/mol. The summed E-state index contributed by atoms with van der Waals surface area (Å²) in [6.07, 6.45) is 1.50. The van der Waals surface area contributed by atoms with Gasteiger partial charge in [0.05, 0.1) is 17.8 Å². The molecule has 2 aromatic carbocycles. The first-order valence-electron chi connectivity index (χ1n) is 8.17. The summed E-state index contributed by atoms with van der Waals surface area (Å²) in [5.74, 6) is 0.775. The molecular formula is C19H20ClN3O3S. The zero-order valence-corrected chi connectivity index (χ0v) is 16.6. The van der Waals surface area contributed by atoms with Crippen LogP contribution in [0.3, 0.4) is 0 Å². The quantitative estimate of drug-likeness (QED) is 0.245. The number of amidine groups is 1. The van der Waals surface area contributed by atoms with E-state index in [2.05, 4.69) is 10.2 Å². The summed E-state index contributed by atoms with van der Waals surface area (Å²) in [5, 5.41) is 8.54. The van der Waals surface area contributed by atoms with Crippen molar-refractivity contribution in [3.8, 4) is 11.5 Å². The van der Waals surface area contributed by atoms with Gasteiger partial charge in [0.2, 0.25) is 0 Å². The van der Waals surface area contributed by atoms with Crippen molar-refractivity contribution in [3.05, 3.63) is 58.6 Å². The summed E-state index contributed by atoms with van der Waals surface area (Å²) < 4.78 is 10.6. The second-order valence-corrected chi connectivity index (χ2v) is 6.72. The molecule has 0 heterocycles. The van der Waals surface area contributed by atoms with E-state index in [1.165, 1.54) is 24.9 Å². The molecule has 0 atom stereocenters. The molecule has 27 heavy (non-hydrogen) atoms. The van der Waals surface area contributed by atoms with E-state index in [0.29, 0.717) is 28.8 Å². The molecule has 0 aliphatic carbocycles. The lowest BCUT2D eigenvalue weighted by Crippen LogP contribution is -2.06. The molecule has 2 rings (SSSR count). The topological polar surface area (TPSA) is 86.3 Å². The molecule has 0 aliphatic rings. The molecule has 2 aromatic rings. The SMILES string of the molecule is CCOc1cc(C=NN=C(N)SCc2ccccc2)cc(Cl)c1OC(C)=O. The number of carbonyl (C=O) groups is 1. The average molecular weight is 406 g/mol. The number of halogens is 1. The van der Waals surface area contributed by atoms with Gasteiger partial charge in [0.25, 0.3) is 0 Å². The highest BCUT2D eigenvalue weighted by Crippen LogP contribution is 2.36. The zero-order valence-electron chi connectivity index (χ0n) is 15.0. The minimum atomic E-state index is -0.480. The number of esters is 1. The number of carbonyl (C=O) groups excluding carboxylic acids is 1. The third kappa shape index (κ3) is 6.96. The summed E-state index contributed by atoms with van der Waals surface area (Å²) in [5.41, 5.74) is 7.66. The van der Waals surface area contributed by atoms with Gasteiger partial charge in [0.1, 0.15) is 0 Å². The second kappa shape index (κ2) is 10.6. The first-order chi connectivity index (χ1) is 13.0. The second-order valence-electron chi connectivity index (χ2n) is 5.31. The van der Waals surface area contributed by atoms with Crippen LogP contribution < -0.4 is 15.2 Å². The number of hydrogen-bond donors (Lipinski definition) is 1. The maximum atomic E-state index is 11.2. The van der Waals surface area contributed by atoms with Crippen LogP contribution in [0.5, 0.6) is 11.5 Å². The fourth-order valence-corrected chi connectivity index (χ4v) is 2.95. The Morgan fingerprint density at radius 2 is 2.04 bits per heavy atom. The molecule has 0 unspecified atom stereocenters. The predicted octanol–water partition coefficient (Wildman–Crippen LogP) is 4.25. The highest BCUT2D eigenvalue weighted by molar-refractivity contribution is 8.13. The van der Waals surface area contributed by atoms with E-state index in [1.807, 2.05) is 37.3 Å². The molecule has 0 radical (unpaired) electrons. The Bertz CT molecular complexity index is 842. The summed E-state index contributed by atoms with van der Waals surface area (Å²) in [7, 11) is 0. The summed E-state index contributed by atoms with van der Waals surface area (Å²) in [6.45, 7) is 3.51. The van der Waals surface area contributed by atoms with Crippen molar-refractivity contribution >= 4 is 40.7 Å². The Hall–Kier alpha value is -2.51. The molecule has 0 amide bonds. The van der Waals surface area contributed by atoms with Crippen LogP contribution in [-0.4, -0.2) is 24.0 Å². The summed E-state index contributed by atoms with van der Waals surface area (Å²) in [4.78, 5) is 11.2. The van der Waals surface area contributed by atoms with E-state index in [4.69, 9.17) is 26.8 Å². The molecule has 2 N–H and O–H groups in total. The Balaban J connectivity index is 2.07. The van der Waals surface area contributed by atoms with E-state index in [1.54, 1.807) is 12.1 Å². The molecule has 0 bridgehead atoms. The van der Waals surface area contributed by atoms with Gasteiger partial charge < -0.3 is 15.2 Å². The van der Waals surface area contributed by atoms with Crippen molar-refractivity contribution in [1.82, 2.24) is 0 Å². The van der Waals surface area contributed by atoms with Gasteiger partial charge in [0, 0.05) is 18.2 Å². The van der Waals surface area contributed by atoms with E-state index >= 15 is 0 Å². The van der Waals surface area contributed by atoms with Crippen LogP contribution in [0.1, 0.15) is 25.0 Å². The molecule has 6 nitrogen and oxygen atoms in total. The minimum absolute atomic E-state index is 0.185. The van der Waals surface area contributed by atoms with Crippen LogP contribution in [0, 0.1) is 0 Å². The number of thioether (sulfide) groups is 1. The van der Waals surface area contributed by atoms with Crippen LogP contribution in [0.15, 0.2) is 52.7 Å². The molecule has 0 fully saturated rings. The third-order valence-corrected chi connectivity index (χ3v) is 4.31. The maximum absolute atomic E-state index is 11.2. The smallest absolute Gasteiger partial charge is 0.308 e. The molecule has 0 aliphatic heterocycles. The first kappa shape index (κ1) is 20.8. The molecule has 0 aromatic heterocycles. The summed E-state index contributed by atoms with van der Waals surface area (Å²) >= 11 is 7.58. The Labute approximate surface area is 167 Å². The Morgan fingerprint density at radius 1 is 1.30 bits per heavy atom. The van der Waals surface area contributed by atoms with E-state index < -0.39 is 5.97 Å². The number of nitrogens with two attached hydrogens (primary N) is 1. The van der Waals surface area contributed by atoms with Crippen LogP contribution in [-0.2, 0) is 10.5 Å². The molecular weight excluding hydrogens is 386 g/mol. The number of rotatable bonds is 7. The van der Waals surface area contributed by atoms with Gasteiger partial charge in [-0.25, -0.2) is 0 Å². The van der Waals surface area contributed by atoms with E-state index in [0.717, 1.165) is 5.56 Å². The van der Waals surface area contributed by atoms with Crippen molar-refractivity contribution < 1.29 is 14.3 Å². The lowest BCUT2D eigenvalue weighted by molar-refractivity contribution is -0.132. The largest absolute Gasteiger partial charge is 0.490 e. The van der Waals surface area contributed by atoms with Crippen molar-refractivity contribution in [2.24, 2.45) is 15.9 Å². The molecule has 8 heteroatoms. The van der Waals surface area contributed by atoms with Gasteiger partial charge in [-0.15, -0.1) is 5.10 Å². The number of ether oxygens (including phenoxy) is 2. The van der Waals surface area contributed by atoms with Crippen molar-refractivity contribution in [3.63, 3.8) is 0 Å². The maximum Gasteiger partial charge on any atom is 0.308 e. The van der Waals surface area contributed by atoms with Crippen LogP contribution in [0.25, 0.3) is 0 Å². The molecule has 0 saturated carbocycles. The van der Waals surface area contributed by atoms with Gasteiger partial charge in [-0.3, -0.25) is 4.79 Å². The lowest BCUT2D eigenvalue weighted by atomic mass is 10.2. The minimum Gasteiger partial charge on any atom is -0.490 e. The van der Waals surface area contributed by atoms with Crippen molar-refractivity contribution in [2.75, 3.05) is 6.61 Å². The number of hydrogen-bond acceptors (Lipinski definition) is 6. The highest BCUT2D eigenvalue weighted by atomic mass is 35.5. The van der Waals surface area contributed by atoms with Crippen molar-refractivity contribution in [2.45, 2.75) is 19.6 Å². The van der Waals surface area contributed by atoms with Gasteiger partial charge in [-0.2, -0.15) is 5.10 Å². The zero-order chi connectivity index (χ0) is 19.6. The van der Waals surface area contributed by atoms with E-state index in [-0.39, 0.29) is 10.8 Å². The molecule has 0 saturated heterocycles. The first-order valence-corrected chi connectivity index (χ1v) is 9.54. The highest BCUT2D eigenvalue weighted by Gasteiger charge is 2.14. The van der Waals surface area contributed by atoms with E-state index in [9.17, 15) is 4.79 Å². The van der Waals surface area contributed by atoms with Crippen LogP contribution >= 0.6 is 23.4 Å². The third-order valence-electron chi connectivity index (χ3n) is 3.17. The number of benzene rings is 2. The average Bonchev–Trinajstić information content (AvgIpc) is 2.64. The predicted molar refractivity (Wildman–Crippen MR) is 111 cm³/mol. The van der Waals surface area contributed by atoms with Crippen molar-refractivity contribution in [1.29, 1.82) is 0 Å². The standard InChI is InChI=1S/C19H20ClN3O3S/c1-3-25-17-10-15(9-16(20)18(17)26-13(2)24)11-22-23-19(21)27-12-14-7-5-4-6-8-14/h4-11H,3,12H2,1-2H3,(H2,21,23). The van der Waals surface area contributed by atoms with Gasteiger partial charge >= 0.3 is 5.97 Å². The van der Waals surface area contributed by atoms with Gasteiger partial charge in [-0.05, 0) is 24.6 Å². The van der Waals surface area contributed by atoms with Gasteiger partial charge in [-0.1, -0.05) is 53.7 Å².